The number of carbonyl (C=O) groups is 2. The van der Waals surface area contributed by atoms with Gasteiger partial charge in [-0.3, -0.25) is 13.9 Å². The van der Waals surface area contributed by atoms with E-state index in [4.69, 9.17) is 34.8 Å². The van der Waals surface area contributed by atoms with Crippen LogP contribution in [0.15, 0.2) is 36.4 Å². The fraction of sp³-hybridized carbons (Fsp3) is 0.440. The Morgan fingerprint density at radius 2 is 1.56 bits per heavy atom. The van der Waals surface area contributed by atoms with Gasteiger partial charge in [-0.2, -0.15) is 0 Å². The van der Waals surface area contributed by atoms with Crippen molar-refractivity contribution in [2.24, 2.45) is 0 Å². The smallest absolute Gasteiger partial charge is 0.244 e. The molecule has 0 spiro atoms. The zero-order chi connectivity index (χ0) is 27.2. The Kier molecular flexibility index (Phi) is 10.9. The van der Waals surface area contributed by atoms with Crippen LogP contribution in [0.5, 0.6) is 0 Å². The molecule has 0 heterocycles. The summed E-state index contributed by atoms with van der Waals surface area (Å²) < 4.78 is 26.3. The van der Waals surface area contributed by atoms with Crippen molar-refractivity contribution < 1.29 is 18.0 Å². The lowest BCUT2D eigenvalue weighted by Gasteiger charge is -2.33. The summed E-state index contributed by atoms with van der Waals surface area (Å²) in [6, 6.07) is 9.31. The molecule has 0 aliphatic rings. The zero-order valence-corrected chi connectivity index (χ0v) is 24.1. The van der Waals surface area contributed by atoms with Crippen LogP contribution in [0.1, 0.15) is 44.7 Å². The molecule has 36 heavy (non-hydrogen) atoms. The Labute approximate surface area is 228 Å². The number of anilines is 1. The summed E-state index contributed by atoms with van der Waals surface area (Å²) in [5.41, 5.74) is 1.88. The van der Waals surface area contributed by atoms with E-state index < -0.39 is 28.5 Å². The van der Waals surface area contributed by atoms with Gasteiger partial charge in [0.1, 0.15) is 12.6 Å². The molecule has 0 aliphatic carbocycles. The van der Waals surface area contributed by atoms with Crippen LogP contribution in [-0.2, 0) is 26.2 Å². The topological polar surface area (TPSA) is 86.8 Å². The fourth-order valence-electron chi connectivity index (χ4n) is 3.55. The summed E-state index contributed by atoms with van der Waals surface area (Å²) in [5.74, 6) is -0.861. The van der Waals surface area contributed by atoms with Gasteiger partial charge in [0.05, 0.1) is 27.0 Å². The molecule has 2 amide bonds. The first-order valence-electron chi connectivity index (χ1n) is 11.6. The number of hydrogen-bond acceptors (Lipinski definition) is 4. The van der Waals surface area contributed by atoms with Gasteiger partial charge >= 0.3 is 0 Å². The third kappa shape index (κ3) is 8.00. The van der Waals surface area contributed by atoms with Crippen LogP contribution < -0.4 is 9.62 Å². The van der Waals surface area contributed by atoms with Crippen LogP contribution in [0.3, 0.4) is 0 Å². The Balaban J connectivity index is 2.50. The molecule has 0 aromatic heterocycles. The fourth-order valence-corrected chi connectivity index (χ4v) is 5.10. The number of amides is 2. The Hall–Kier alpha value is -2.00. The first-order chi connectivity index (χ1) is 16.8. The minimum atomic E-state index is -3.95. The van der Waals surface area contributed by atoms with Crippen molar-refractivity contribution in [3.05, 3.63) is 62.6 Å². The summed E-state index contributed by atoms with van der Waals surface area (Å²) >= 11 is 18.4. The third-order valence-electron chi connectivity index (χ3n) is 5.80. The zero-order valence-electron chi connectivity index (χ0n) is 21.0. The number of aryl methyl sites for hydroxylation is 1. The molecule has 1 N–H and O–H groups in total. The van der Waals surface area contributed by atoms with Gasteiger partial charge in [0.25, 0.3) is 0 Å². The molecule has 11 heteroatoms. The Morgan fingerprint density at radius 1 is 0.972 bits per heavy atom. The standard InChI is InChI=1S/C25H32Cl3N3O4S/c1-6-17(4)29-25(33)22(7-2)30(14-18-10-8-16(3)9-11-18)24(32)15-31(36(5,34)35)23-13-20(27)19(26)12-21(23)28/h8-13,17,22H,6-7,14-15H2,1-5H3,(H,29,33). The van der Waals surface area contributed by atoms with Gasteiger partial charge < -0.3 is 10.2 Å². The number of nitrogens with one attached hydrogen (secondary N) is 1. The monoisotopic (exact) mass is 575 g/mol. The van der Waals surface area contributed by atoms with Crippen molar-refractivity contribution in [1.82, 2.24) is 10.2 Å². The lowest BCUT2D eigenvalue weighted by molar-refractivity contribution is -0.140. The van der Waals surface area contributed by atoms with Gasteiger partial charge in [-0.15, -0.1) is 0 Å². The summed E-state index contributed by atoms with van der Waals surface area (Å²) in [6.45, 7) is 7.14. The van der Waals surface area contributed by atoms with Crippen molar-refractivity contribution in [2.45, 2.75) is 59.2 Å². The molecule has 0 saturated heterocycles. The van der Waals surface area contributed by atoms with Gasteiger partial charge in [0.15, 0.2) is 0 Å². The first-order valence-corrected chi connectivity index (χ1v) is 14.5. The highest BCUT2D eigenvalue weighted by atomic mass is 35.5. The molecule has 7 nitrogen and oxygen atoms in total. The number of sulfonamides is 1. The number of nitrogens with zero attached hydrogens (tertiary/aromatic N) is 2. The van der Waals surface area contributed by atoms with Crippen LogP contribution in [0.2, 0.25) is 15.1 Å². The van der Waals surface area contributed by atoms with Crippen molar-refractivity contribution in [3.8, 4) is 0 Å². The lowest BCUT2D eigenvalue weighted by atomic mass is 10.1. The van der Waals surface area contributed by atoms with Crippen molar-refractivity contribution in [3.63, 3.8) is 0 Å². The van der Waals surface area contributed by atoms with Crippen LogP contribution in [0.4, 0.5) is 5.69 Å². The van der Waals surface area contributed by atoms with E-state index in [1.54, 1.807) is 6.92 Å². The highest BCUT2D eigenvalue weighted by Crippen LogP contribution is 2.35. The third-order valence-corrected chi connectivity index (χ3v) is 7.95. The van der Waals surface area contributed by atoms with E-state index in [0.717, 1.165) is 28.1 Å². The molecular formula is C25H32Cl3N3O4S. The minimum Gasteiger partial charge on any atom is -0.352 e. The molecule has 198 valence electrons. The van der Waals surface area contributed by atoms with Crippen LogP contribution in [0.25, 0.3) is 0 Å². The number of carbonyl (C=O) groups excluding carboxylic acids is 2. The van der Waals surface area contributed by atoms with E-state index in [2.05, 4.69) is 5.32 Å². The van der Waals surface area contributed by atoms with E-state index in [1.165, 1.54) is 17.0 Å². The maximum absolute atomic E-state index is 13.7. The molecule has 0 saturated carbocycles. The number of rotatable bonds is 11. The maximum atomic E-state index is 13.7. The van der Waals surface area contributed by atoms with Crippen LogP contribution in [0, 0.1) is 6.92 Å². The second-order valence-corrected chi connectivity index (χ2v) is 11.9. The molecule has 2 aromatic carbocycles. The predicted octanol–water partition coefficient (Wildman–Crippen LogP) is 5.44. The van der Waals surface area contributed by atoms with Crippen molar-refractivity contribution in [1.29, 1.82) is 0 Å². The van der Waals surface area contributed by atoms with Gasteiger partial charge in [0.2, 0.25) is 21.8 Å². The first kappa shape index (κ1) is 30.2. The summed E-state index contributed by atoms with van der Waals surface area (Å²) in [5, 5.41) is 3.20. The van der Waals surface area contributed by atoms with Gasteiger partial charge in [-0.05, 0) is 44.4 Å². The lowest BCUT2D eigenvalue weighted by Crippen LogP contribution is -2.53. The van der Waals surface area contributed by atoms with Crippen LogP contribution in [-0.4, -0.2) is 50.0 Å². The van der Waals surface area contributed by atoms with Gasteiger partial charge in [0, 0.05) is 12.6 Å². The molecular weight excluding hydrogens is 545 g/mol. The SMILES string of the molecule is CCC(C)NC(=O)C(CC)N(Cc1ccc(C)cc1)C(=O)CN(c1cc(Cl)c(Cl)cc1Cl)S(C)(=O)=O. The maximum Gasteiger partial charge on any atom is 0.244 e. The molecule has 0 aliphatic heterocycles. The van der Waals surface area contributed by atoms with Crippen LogP contribution >= 0.6 is 34.8 Å². The highest BCUT2D eigenvalue weighted by Gasteiger charge is 2.32. The normalized spacial score (nSPS) is 13.1. The molecule has 0 bridgehead atoms. The quantitative estimate of drug-likeness (QED) is 0.361. The van der Waals surface area contributed by atoms with E-state index >= 15 is 0 Å². The van der Waals surface area contributed by atoms with E-state index in [1.807, 2.05) is 45.0 Å². The predicted molar refractivity (Wildman–Crippen MR) is 147 cm³/mol. The average molecular weight is 577 g/mol. The number of benzene rings is 2. The van der Waals surface area contributed by atoms with Crippen molar-refractivity contribution in [2.75, 3.05) is 17.1 Å². The molecule has 2 rings (SSSR count). The molecule has 2 unspecified atom stereocenters. The van der Waals surface area contributed by atoms with E-state index in [0.29, 0.717) is 6.42 Å². The summed E-state index contributed by atoms with van der Waals surface area (Å²) in [7, 11) is -3.95. The van der Waals surface area contributed by atoms with Crippen molar-refractivity contribution >= 4 is 62.3 Å². The van der Waals surface area contributed by atoms with Gasteiger partial charge in [-0.1, -0.05) is 78.5 Å². The molecule has 2 atom stereocenters. The van der Waals surface area contributed by atoms with E-state index in [9.17, 15) is 18.0 Å². The van der Waals surface area contributed by atoms with E-state index in [-0.39, 0.29) is 39.2 Å². The highest BCUT2D eigenvalue weighted by molar-refractivity contribution is 7.92. The van der Waals surface area contributed by atoms with Gasteiger partial charge in [-0.25, -0.2) is 8.42 Å². The number of halogens is 3. The molecule has 0 fully saturated rings. The largest absolute Gasteiger partial charge is 0.352 e. The summed E-state index contributed by atoms with van der Waals surface area (Å²) in [4.78, 5) is 28.2. The molecule has 0 radical (unpaired) electrons. The Bertz CT molecular complexity index is 1190. The second kappa shape index (κ2) is 13.0. The molecule has 2 aromatic rings. The Morgan fingerprint density at radius 3 is 2.08 bits per heavy atom. The summed E-state index contributed by atoms with van der Waals surface area (Å²) in [6.07, 6.45) is 2.04. The average Bonchev–Trinajstić information content (AvgIpc) is 2.80. The number of hydrogen-bond donors (Lipinski definition) is 1. The second-order valence-electron chi connectivity index (χ2n) is 8.74. The minimum absolute atomic E-state index is 0.0225.